The molecule has 4 aromatic rings. The lowest BCUT2D eigenvalue weighted by Crippen LogP contribution is -1.96. The smallest absolute Gasteiger partial charge is 0.168 e. The van der Waals surface area contributed by atoms with Crippen LogP contribution in [0.5, 0.6) is 0 Å². The van der Waals surface area contributed by atoms with Crippen molar-refractivity contribution in [2.75, 3.05) is 5.43 Å². The van der Waals surface area contributed by atoms with Gasteiger partial charge in [0.1, 0.15) is 0 Å². The molecule has 0 amide bonds. The zero-order valence-electron chi connectivity index (χ0n) is 13.5. The third-order valence-electron chi connectivity index (χ3n) is 3.94. The molecule has 0 aliphatic carbocycles. The van der Waals surface area contributed by atoms with Gasteiger partial charge in [0.05, 0.1) is 11.9 Å². The van der Waals surface area contributed by atoms with Crippen LogP contribution in [0.25, 0.3) is 22.0 Å². The Labute approximate surface area is 145 Å². The number of nitrogens with one attached hydrogen (secondary N) is 1. The molecule has 0 spiro atoms. The van der Waals surface area contributed by atoms with Crippen molar-refractivity contribution in [1.29, 1.82) is 0 Å². The van der Waals surface area contributed by atoms with E-state index in [-0.39, 0.29) is 0 Å². The van der Waals surface area contributed by atoms with Crippen molar-refractivity contribution in [2.45, 2.75) is 0 Å². The molecule has 3 aromatic carbocycles. The number of nitrogens with zero attached hydrogens (tertiary/aromatic N) is 3. The molecule has 0 aliphatic heterocycles. The average Bonchev–Trinajstić information content (AvgIpc) is 2.69. The van der Waals surface area contributed by atoms with E-state index < -0.39 is 0 Å². The highest BCUT2D eigenvalue weighted by Crippen LogP contribution is 2.18. The van der Waals surface area contributed by atoms with E-state index in [1.54, 1.807) is 6.21 Å². The largest absolute Gasteiger partial charge is 0.260 e. The fourth-order valence-electron chi connectivity index (χ4n) is 2.69. The van der Waals surface area contributed by atoms with Gasteiger partial charge in [-0.2, -0.15) is 5.10 Å². The summed E-state index contributed by atoms with van der Waals surface area (Å²) >= 11 is 0. The van der Waals surface area contributed by atoms with E-state index in [1.807, 2.05) is 66.7 Å². The Kier molecular flexibility index (Phi) is 4.16. The van der Waals surface area contributed by atoms with E-state index in [9.17, 15) is 0 Å². The first kappa shape index (κ1) is 15.0. The molecular weight excluding hydrogens is 308 g/mol. The van der Waals surface area contributed by atoms with Crippen LogP contribution in [0, 0.1) is 0 Å². The molecule has 1 N–H and O–H groups in total. The van der Waals surface area contributed by atoms with Gasteiger partial charge in [-0.3, -0.25) is 5.43 Å². The number of rotatable bonds is 4. The van der Waals surface area contributed by atoms with E-state index in [4.69, 9.17) is 0 Å². The molecular formula is C21H16N4. The Hall–Kier alpha value is -3.53. The minimum absolute atomic E-state index is 0.608. The Morgan fingerprint density at radius 1 is 0.720 bits per heavy atom. The third kappa shape index (κ3) is 3.38. The lowest BCUT2D eigenvalue weighted by atomic mass is 10.1. The van der Waals surface area contributed by atoms with Crippen LogP contribution in [0.3, 0.4) is 0 Å². The van der Waals surface area contributed by atoms with E-state index in [2.05, 4.69) is 38.9 Å². The number of hydrazone groups is 1. The van der Waals surface area contributed by atoms with E-state index in [1.165, 1.54) is 10.8 Å². The standard InChI is InChI=1S/C21H16N4/c1-2-8-17(9-3-1)20-13-14-21(25-23-20)24-22-15-18-11-6-10-16-7-4-5-12-19(16)18/h1-15H,(H,24,25). The van der Waals surface area contributed by atoms with Gasteiger partial charge in [-0.05, 0) is 22.9 Å². The summed E-state index contributed by atoms with van der Waals surface area (Å²) in [4.78, 5) is 0. The minimum Gasteiger partial charge on any atom is -0.260 e. The molecule has 120 valence electrons. The highest BCUT2D eigenvalue weighted by molar-refractivity contribution is 5.99. The van der Waals surface area contributed by atoms with Gasteiger partial charge in [-0.25, -0.2) is 0 Å². The number of fused-ring (bicyclic) bond motifs is 1. The Morgan fingerprint density at radius 2 is 1.52 bits per heavy atom. The summed E-state index contributed by atoms with van der Waals surface area (Å²) in [5, 5.41) is 15.1. The van der Waals surface area contributed by atoms with Crippen LogP contribution in [0.15, 0.2) is 90.0 Å². The zero-order chi connectivity index (χ0) is 16.9. The molecule has 0 saturated carbocycles. The molecule has 0 aliphatic rings. The fraction of sp³-hybridized carbons (Fsp3) is 0. The summed E-state index contributed by atoms with van der Waals surface area (Å²) in [6, 6.07) is 28.2. The molecule has 4 nitrogen and oxygen atoms in total. The first-order valence-electron chi connectivity index (χ1n) is 8.06. The highest BCUT2D eigenvalue weighted by atomic mass is 15.3. The van der Waals surface area contributed by atoms with E-state index >= 15 is 0 Å². The second kappa shape index (κ2) is 6.93. The molecule has 0 fully saturated rings. The number of aromatic nitrogens is 2. The molecule has 0 bridgehead atoms. The average molecular weight is 324 g/mol. The monoisotopic (exact) mass is 324 g/mol. The minimum atomic E-state index is 0.608. The summed E-state index contributed by atoms with van der Waals surface area (Å²) in [7, 11) is 0. The van der Waals surface area contributed by atoms with Crippen LogP contribution >= 0.6 is 0 Å². The van der Waals surface area contributed by atoms with Gasteiger partial charge in [0.25, 0.3) is 0 Å². The quantitative estimate of drug-likeness (QED) is 0.435. The maximum absolute atomic E-state index is 4.29. The molecule has 4 heteroatoms. The van der Waals surface area contributed by atoms with Crippen LogP contribution in [0.2, 0.25) is 0 Å². The van der Waals surface area contributed by atoms with Crippen molar-refractivity contribution in [3.63, 3.8) is 0 Å². The number of hydrogen-bond acceptors (Lipinski definition) is 4. The van der Waals surface area contributed by atoms with Crippen LogP contribution in [0.1, 0.15) is 5.56 Å². The summed E-state index contributed by atoms with van der Waals surface area (Å²) < 4.78 is 0. The van der Waals surface area contributed by atoms with Crippen molar-refractivity contribution in [3.05, 3.63) is 90.5 Å². The normalized spacial score (nSPS) is 11.0. The van der Waals surface area contributed by atoms with Gasteiger partial charge in [0.2, 0.25) is 0 Å². The lowest BCUT2D eigenvalue weighted by Gasteiger charge is -2.03. The first-order valence-corrected chi connectivity index (χ1v) is 8.06. The predicted octanol–water partition coefficient (Wildman–Crippen LogP) is 4.74. The molecule has 4 rings (SSSR count). The van der Waals surface area contributed by atoms with Crippen molar-refractivity contribution in [2.24, 2.45) is 5.10 Å². The highest BCUT2D eigenvalue weighted by Gasteiger charge is 2.00. The Morgan fingerprint density at radius 3 is 2.36 bits per heavy atom. The van der Waals surface area contributed by atoms with Crippen molar-refractivity contribution >= 4 is 22.8 Å². The first-order chi connectivity index (χ1) is 12.4. The van der Waals surface area contributed by atoms with Crippen molar-refractivity contribution in [3.8, 4) is 11.3 Å². The molecule has 0 atom stereocenters. The number of benzene rings is 3. The van der Waals surface area contributed by atoms with Crippen LogP contribution in [-0.2, 0) is 0 Å². The van der Waals surface area contributed by atoms with Gasteiger partial charge in [0, 0.05) is 11.1 Å². The summed E-state index contributed by atoms with van der Waals surface area (Å²) in [6.45, 7) is 0. The summed E-state index contributed by atoms with van der Waals surface area (Å²) in [5.41, 5.74) is 5.87. The van der Waals surface area contributed by atoms with Gasteiger partial charge < -0.3 is 0 Å². The Bertz CT molecular complexity index is 1000. The topological polar surface area (TPSA) is 50.2 Å². The van der Waals surface area contributed by atoms with E-state index in [0.29, 0.717) is 5.82 Å². The van der Waals surface area contributed by atoms with Gasteiger partial charge in [0.15, 0.2) is 5.82 Å². The summed E-state index contributed by atoms with van der Waals surface area (Å²) in [5.74, 6) is 0.608. The molecule has 25 heavy (non-hydrogen) atoms. The van der Waals surface area contributed by atoms with Crippen LogP contribution < -0.4 is 5.43 Å². The number of anilines is 1. The molecule has 1 heterocycles. The second-order valence-electron chi connectivity index (χ2n) is 5.61. The number of hydrogen-bond donors (Lipinski definition) is 1. The third-order valence-corrected chi connectivity index (χ3v) is 3.94. The molecule has 0 radical (unpaired) electrons. The van der Waals surface area contributed by atoms with Crippen molar-refractivity contribution < 1.29 is 0 Å². The molecule has 1 aromatic heterocycles. The van der Waals surface area contributed by atoms with Crippen LogP contribution in [-0.4, -0.2) is 16.4 Å². The second-order valence-corrected chi connectivity index (χ2v) is 5.61. The lowest BCUT2D eigenvalue weighted by molar-refractivity contribution is 1.03. The predicted molar refractivity (Wildman–Crippen MR) is 103 cm³/mol. The van der Waals surface area contributed by atoms with Gasteiger partial charge in [-0.15, -0.1) is 10.2 Å². The maximum Gasteiger partial charge on any atom is 0.168 e. The van der Waals surface area contributed by atoms with Gasteiger partial charge >= 0.3 is 0 Å². The zero-order valence-corrected chi connectivity index (χ0v) is 13.5. The summed E-state index contributed by atoms with van der Waals surface area (Å²) in [6.07, 6.45) is 1.80. The van der Waals surface area contributed by atoms with Crippen molar-refractivity contribution in [1.82, 2.24) is 10.2 Å². The van der Waals surface area contributed by atoms with Gasteiger partial charge in [-0.1, -0.05) is 72.8 Å². The van der Waals surface area contributed by atoms with E-state index in [0.717, 1.165) is 16.8 Å². The Balaban J connectivity index is 1.50. The molecule has 0 unspecified atom stereocenters. The van der Waals surface area contributed by atoms with Crippen LogP contribution in [0.4, 0.5) is 5.82 Å². The SMILES string of the molecule is C(=NNc1ccc(-c2ccccc2)nn1)c1cccc2ccccc12. The fourth-order valence-corrected chi connectivity index (χ4v) is 2.69. The maximum atomic E-state index is 4.29. The molecule has 0 saturated heterocycles.